The van der Waals surface area contributed by atoms with Gasteiger partial charge in [-0.2, -0.15) is 0 Å². The molecule has 0 radical (unpaired) electrons. The Labute approximate surface area is 138 Å². The number of hydrogen-bond acceptors (Lipinski definition) is 4. The van der Waals surface area contributed by atoms with Crippen molar-refractivity contribution in [1.82, 2.24) is 15.1 Å². The second-order valence-electron chi connectivity index (χ2n) is 5.80. The minimum Gasteiger partial charge on any atom is -0.374 e. The molecule has 2 saturated heterocycles. The van der Waals surface area contributed by atoms with Crippen LogP contribution < -0.4 is 5.32 Å². The highest BCUT2D eigenvalue weighted by Crippen LogP contribution is 2.13. The number of hydrogen-bond donors (Lipinski definition) is 1. The van der Waals surface area contributed by atoms with Gasteiger partial charge in [-0.1, -0.05) is 12.1 Å². The van der Waals surface area contributed by atoms with Crippen molar-refractivity contribution in [1.29, 1.82) is 0 Å². The van der Waals surface area contributed by atoms with Crippen molar-refractivity contribution >= 4 is 17.8 Å². The van der Waals surface area contributed by atoms with E-state index in [0.29, 0.717) is 26.1 Å². The number of amides is 4. The van der Waals surface area contributed by atoms with E-state index >= 15 is 0 Å². The van der Waals surface area contributed by atoms with E-state index in [2.05, 4.69) is 5.32 Å². The average molecular weight is 335 g/mol. The second-order valence-corrected chi connectivity index (χ2v) is 5.80. The van der Waals surface area contributed by atoms with Gasteiger partial charge in [0, 0.05) is 19.5 Å². The highest BCUT2D eigenvalue weighted by Gasteiger charge is 2.33. The van der Waals surface area contributed by atoms with Crippen LogP contribution in [-0.4, -0.2) is 66.5 Å². The molecule has 7 nitrogen and oxygen atoms in total. The maximum Gasteiger partial charge on any atom is 0.325 e. The monoisotopic (exact) mass is 335 g/mol. The summed E-state index contributed by atoms with van der Waals surface area (Å²) in [5.74, 6) is -0.981. The number of benzene rings is 1. The summed E-state index contributed by atoms with van der Waals surface area (Å²) in [6, 6.07) is 5.61. The van der Waals surface area contributed by atoms with Crippen molar-refractivity contribution in [3.63, 3.8) is 0 Å². The third-order valence-corrected chi connectivity index (χ3v) is 4.10. The van der Waals surface area contributed by atoms with Crippen molar-refractivity contribution in [2.75, 3.05) is 32.8 Å². The molecule has 24 heavy (non-hydrogen) atoms. The quantitative estimate of drug-likeness (QED) is 0.795. The smallest absolute Gasteiger partial charge is 0.325 e. The van der Waals surface area contributed by atoms with Gasteiger partial charge in [-0.05, 0) is 17.7 Å². The van der Waals surface area contributed by atoms with E-state index in [1.54, 1.807) is 17.0 Å². The van der Waals surface area contributed by atoms with Crippen LogP contribution in [0.2, 0.25) is 0 Å². The zero-order valence-electron chi connectivity index (χ0n) is 13.0. The first-order valence-corrected chi connectivity index (χ1v) is 7.75. The molecule has 3 rings (SSSR count). The highest BCUT2D eigenvalue weighted by atomic mass is 19.1. The van der Waals surface area contributed by atoms with Crippen molar-refractivity contribution in [2.24, 2.45) is 0 Å². The Morgan fingerprint density at radius 3 is 2.71 bits per heavy atom. The zero-order chi connectivity index (χ0) is 17.1. The molecule has 0 spiro atoms. The van der Waals surface area contributed by atoms with Gasteiger partial charge in [0.15, 0.2) is 0 Å². The first-order valence-electron chi connectivity index (χ1n) is 7.75. The van der Waals surface area contributed by atoms with Crippen LogP contribution >= 0.6 is 0 Å². The Kier molecular flexibility index (Phi) is 4.75. The van der Waals surface area contributed by atoms with Crippen LogP contribution in [-0.2, 0) is 20.7 Å². The van der Waals surface area contributed by atoms with E-state index in [0.717, 1.165) is 10.5 Å². The topological polar surface area (TPSA) is 79.0 Å². The van der Waals surface area contributed by atoms with Crippen LogP contribution in [0.25, 0.3) is 0 Å². The lowest BCUT2D eigenvalue weighted by Crippen LogP contribution is -2.50. The van der Waals surface area contributed by atoms with Crippen LogP contribution in [0.1, 0.15) is 5.56 Å². The fourth-order valence-electron chi connectivity index (χ4n) is 2.80. The number of urea groups is 1. The van der Waals surface area contributed by atoms with Gasteiger partial charge in [-0.25, -0.2) is 9.18 Å². The van der Waals surface area contributed by atoms with Crippen LogP contribution in [0.5, 0.6) is 0 Å². The number of morpholine rings is 1. The fourth-order valence-corrected chi connectivity index (χ4v) is 2.80. The number of carbonyl (C=O) groups is 3. The van der Waals surface area contributed by atoms with Crippen molar-refractivity contribution in [2.45, 2.75) is 12.5 Å². The van der Waals surface area contributed by atoms with E-state index in [4.69, 9.17) is 4.74 Å². The van der Waals surface area contributed by atoms with Crippen molar-refractivity contribution in [3.8, 4) is 0 Å². The van der Waals surface area contributed by atoms with Gasteiger partial charge >= 0.3 is 6.03 Å². The number of ether oxygens (including phenoxy) is 1. The largest absolute Gasteiger partial charge is 0.374 e. The van der Waals surface area contributed by atoms with Crippen LogP contribution in [0.3, 0.4) is 0 Å². The summed E-state index contributed by atoms with van der Waals surface area (Å²) in [6.07, 6.45) is 0.365. The molecule has 4 amide bonds. The molecular formula is C16H18FN3O4. The van der Waals surface area contributed by atoms with E-state index in [1.807, 2.05) is 0 Å². The van der Waals surface area contributed by atoms with Gasteiger partial charge in [0.25, 0.3) is 5.91 Å². The maximum atomic E-state index is 12.9. The van der Waals surface area contributed by atoms with Gasteiger partial charge in [0.05, 0.1) is 19.3 Å². The average Bonchev–Trinajstić information content (AvgIpc) is 2.89. The lowest BCUT2D eigenvalue weighted by atomic mass is 10.1. The Hall–Kier alpha value is -2.48. The minimum atomic E-state index is -0.538. The standard InChI is InChI=1S/C16H18FN3O4/c17-12-3-1-11(2-4-12)7-13-9-19(5-6-24-13)15(22)10-20-14(21)8-18-16(20)23/h1-4,13H,5-10H2,(H,18,23)/t13-/m0/s1. The van der Waals surface area contributed by atoms with Crippen molar-refractivity contribution < 1.29 is 23.5 Å². The first-order chi connectivity index (χ1) is 11.5. The third kappa shape index (κ3) is 3.70. The van der Waals surface area contributed by atoms with Gasteiger partial charge in [0.2, 0.25) is 5.91 Å². The summed E-state index contributed by atoms with van der Waals surface area (Å²) in [7, 11) is 0. The first kappa shape index (κ1) is 16.4. The molecular weight excluding hydrogens is 317 g/mol. The van der Waals surface area contributed by atoms with E-state index in [-0.39, 0.29) is 30.9 Å². The molecule has 0 aliphatic carbocycles. The maximum absolute atomic E-state index is 12.9. The lowest BCUT2D eigenvalue weighted by molar-refractivity contribution is -0.142. The molecule has 2 heterocycles. The third-order valence-electron chi connectivity index (χ3n) is 4.10. The number of rotatable bonds is 4. The zero-order valence-corrected chi connectivity index (χ0v) is 13.0. The number of imide groups is 1. The van der Waals surface area contributed by atoms with E-state index in [1.165, 1.54) is 12.1 Å². The molecule has 1 aromatic carbocycles. The van der Waals surface area contributed by atoms with Gasteiger partial charge in [-0.15, -0.1) is 0 Å². The molecule has 0 saturated carbocycles. The molecule has 8 heteroatoms. The predicted molar refractivity (Wildman–Crippen MR) is 81.5 cm³/mol. The number of nitrogens with one attached hydrogen (secondary N) is 1. The summed E-state index contributed by atoms with van der Waals surface area (Å²) in [5.41, 5.74) is 0.921. The minimum absolute atomic E-state index is 0.0670. The molecule has 2 fully saturated rings. The summed E-state index contributed by atoms with van der Waals surface area (Å²) >= 11 is 0. The van der Waals surface area contributed by atoms with Crippen LogP contribution in [0, 0.1) is 5.82 Å². The Balaban J connectivity index is 1.56. The number of halogens is 1. The highest BCUT2D eigenvalue weighted by molar-refractivity contribution is 6.04. The number of carbonyl (C=O) groups excluding carboxylic acids is 3. The SMILES string of the molecule is O=C(CN1C(=O)CNC1=O)N1CCO[C@@H](Cc2ccc(F)cc2)C1. The summed E-state index contributed by atoms with van der Waals surface area (Å²) < 4.78 is 18.6. The molecule has 0 unspecified atom stereocenters. The fraction of sp³-hybridized carbons (Fsp3) is 0.438. The number of nitrogens with zero attached hydrogens (tertiary/aromatic N) is 2. The Bertz CT molecular complexity index is 633. The van der Waals surface area contributed by atoms with Crippen LogP contribution in [0.15, 0.2) is 24.3 Å². The molecule has 2 aliphatic heterocycles. The van der Waals surface area contributed by atoms with E-state index in [9.17, 15) is 18.8 Å². The molecule has 0 aromatic heterocycles. The Morgan fingerprint density at radius 2 is 2.04 bits per heavy atom. The van der Waals surface area contributed by atoms with Crippen LogP contribution in [0.4, 0.5) is 9.18 Å². The molecule has 2 aliphatic rings. The van der Waals surface area contributed by atoms with Gasteiger partial charge in [-0.3, -0.25) is 14.5 Å². The molecule has 128 valence electrons. The predicted octanol–water partition coefficient (Wildman–Crippen LogP) is 0.147. The second kappa shape index (κ2) is 6.96. The van der Waals surface area contributed by atoms with Gasteiger partial charge in [0.1, 0.15) is 12.4 Å². The van der Waals surface area contributed by atoms with Gasteiger partial charge < -0.3 is 15.0 Å². The summed E-state index contributed by atoms with van der Waals surface area (Å²) in [6.45, 7) is 0.857. The molecule has 1 N–H and O–H groups in total. The summed E-state index contributed by atoms with van der Waals surface area (Å²) in [5, 5.41) is 2.39. The molecule has 1 atom stereocenters. The molecule has 0 bridgehead atoms. The lowest BCUT2D eigenvalue weighted by Gasteiger charge is -2.33. The molecule has 1 aromatic rings. The Morgan fingerprint density at radius 1 is 1.29 bits per heavy atom. The van der Waals surface area contributed by atoms with Crippen molar-refractivity contribution in [3.05, 3.63) is 35.6 Å². The van der Waals surface area contributed by atoms with E-state index < -0.39 is 11.9 Å². The normalized spacial score (nSPS) is 21.1. The summed E-state index contributed by atoms with van der Waals surface area (Å²) in [4.78, 5) is 37.9.